The molecule has 0 bridgehead atoms. The third-order valence-electron chi connectivity index (χ3n) is 3.54. The number of likely N-dealkylation sites (N-methyl/N-ethyl adjacent to an activating group) is 1. The maximum Gasteiger partial charge on any atom is 0.223 e. The predicted molar refractivity (Wildman–Crippen MR) is 61.0 cm³/mol. The van der Waals surface area contributed by atoms with Crippen LogP contribution in [0.3, 0.4) is 0 Å². The Labute approximate surface area is 95.1 Å². The predicted octanol–water partition coefficient (Wildman–Crippen LogP) is 1.37. The summed E-state index contributed by atoms with van der Waals surface area (Å²) in [6.45, 7) is 1.98. The lowest BCUT2D eigenvalue weighted by molar-refractivity contribution is -0.129. The average Bonchev–Trinajstić information content (AvgIpc) is 2.52. The minimum atomic E-state index is -0.394. The van der Waals surface area contributed by atoms with Gasteiger partial charge in [-0.05, 0) is 5.56 Å². The third-order valence-corrected chi connectivity index (χ3v) is 3.54. The molecule has 0 aromatic heterocycles. The SMILES string of the molecule is CN1C(=O)C[C@@](C)(c2ccccc2)[C@H]1C=O. The summed E-state index contributed by atoms with van der Waals surface area (Å²) in [7, 11) is 1.69. The maximum absolute atomic E-state index is 11.7. The number of aldehydes is 1. The number of likely N-dealkylation sites (tertiary alicyclic amines) is 1. The number of benzene rings is 1. The van der Waals surface area contributed by atoms with Crippen molar-refractivity contribution in [2.24, 2.45) is 0 Å². The topological polar surface area (TPSA) is 37.4 Å². The molecule has 1 aromatic rings. The van der Waals surface area contributed by atoms with Crippen molar-refractivity contribution in [3.05, 3.63) is 35.9 Å². The fourth-order valence-electron chi connectivity index (χ4n) is 2.46. The van der Waals surface area contributed by atoms with Gasteiger partial charge in [-0.2, -0.15) is 0 Å². The molecule has 1 heterocycles. The summed E-state index contributed by atoms with van der Waals surface area (Å²) in [5.41, 5.74) is 0.652. The van der Waals surface area contributed by atoms with Crippen molar-refractivity contribution in [2.75, 3.05) is 7.05 Å². The molecule has 2 rings (SSSR count). The summed E-state index contributed by atoms with van der Waals surface area (Å²) in [5.74, 6) is 0.0310. The first kappa shape index (κ1) is 10.9. The molecule has 0 N–H and O–H groups in total. The van der Waals surface area contributed by atoms with Crippen LogP contribution in [-0.2, 0) is 15.0 Å². The molecule has 0 radical (unpaired) electrons. The molecule has 16 heavy (non-hydrogen) atoms. The van der Waals surface area contributed by atoms with Crippen LogP contribution in [0.1, 0.15) is 18.9 Å². The fraction of sp³-hybridized carbons (Fsp3) is 0.385. The van der Waals surface area contributed by atoms with E-state index >= 15 is 0 Å². The Kier molecular flexibility index (Phi) is 2.54. The van der Waals surface area contributed by atoms with Crippen molar-refractivity contribution in [1.29, 1.82) is 0 Å². The number of hydrogen-bond donors (Lipinski definition) is 0. The molecule has 84 valence electrons. The van der Waals surface area contributed by atoms with Crippen molar-refractivity contribution in [1.82, 2.24) is 4.90 Å². The monoisotopic (exact) mass is 217 g/mol. The normalized spacial score (nSPS) is 29.5. The van der Waals surface area contributed by atoms with E-state index in [2.05, 4.69) is 0 Å². The van der Waals surface area contributed by atoms with E-state index in [4.69, 9.17) is 0 Å². The van der Waals surface area contributed by atoms with Gasteiger partial charge in [-0.1, -0.05) is 37.3 Å². The van der Waals surface area contributed by atoms with Crippen LogP contribution in [0.5, 0.6) is 0 Å². The van der Waals surface area contributed by atoms with Crippen LogP contribution in [0.4, 0.5) is 0 Å². The molecule has 1 saturated heterocycles. The van der Waals surface area contributed by atoms with Crippen LogP contribution in [0.25, 0.3) is 0 Å². The maximum atomic E-state index is 11.7. The van der Waals surface area contributed by atoms with Gasteiger partial charge in [0.25, 0.3) is 0 Å². The van der Waals surface area contributed by atoms with E-state index in [0.29, 0.717) is 6.42 Å². The van der Waals surface area contributed by atoms with Crippen LogP contribution >= 0.6 is 0 Å². The molecule has 2 atom stereocenters. The van der Waals surface area contributed by atoms with E-state index in [9.17, 15) is 9.59 Å². The molecule has 0 spiro atoms. The Bertz CT molecular complexity index is 415. The Morgan fingerprint density at radius 1 is 1.38 bits per heavy atom. The molecule has 0 aliphatic carbocycles. The van der Waals surface area contributed by atoms with E-state index in [-0.39, 0.29) is 11.9 Å². The highest BCUT2D eigenvalue weighted by atomic mass is 16.2. The lowest BCUT2D eigenvalue weighted by atomic mass is 9.76. The summed E-state index contributed by atoms with van der Waals surface area (Å²) >= 11 is 0. The molecule has 0 saturated carbocycles. The number of hydrogen-bond acceptors (Lipinski definition) is 2. The number of rotatable bonds is 2. The van der Waals surface area contributed by atoms with Gasteiger partial charge in [0.15, 0.2) is 0 Å². The number of amides is 1. The first-order valence-electron chi connectivity index (χ1n) is 5.36. The largest absolute Gasteiger partial charge is 0.335 e. The zero-order valence-corrected chi connectivity index (χ0v) is 9.51. The minimum Gasteiger partial charge on any atom is -0.335 e. The molecule has 1 aliphatic heterocycles. The first-order chi connectivity index (χ1) is 7.59. The Morgan fingerprint density at radius 2 is 2.00 bits per heavy atom. The summed E-state index contributed by atoms with van der Waals surface area (Å²) in [4.78, 5) is 24.4. The highest BCUT2D eigenvalue weighted by Crippen LogP contribution is 2.38. The van der Waals surface area contributed by atoms with Crippen LogP contribution in [0.15, 0.2) is 30.3 Å². The van der Waals surface area contributed by atoms with Crippen molar-refractivity contribution in [3.63, 3.8) is 0 Å². The van der Waals surface area contributed by atoms with Crippen molar-refractivity contribution >= 4 is 12.2 Å². The van der Waals surface area contributed by atoms with Gasteiger partial charge >= 0.3 is 0 Å². The van der Waals surface area contributed by atoms with Gasteiger partial charge < -0.3 is 9.69 Å². The standard InChI is InChI=1S/C13H15NO2/c1-13(10-6-4-3-5-7-10)8-12(16)14(2)11(13)9-15/h3-7,9,11H,8H2,1-2H3/t11-,13+/m1/s1. The lowest BCUT2D eigenvalue weighted by Gasteiger charge is -2.29. The molecule has 3 heteroatoms. The van der Waals surface area contributed by atoms with E-state index in [1.165, 1.54) is 0 Å². The molecule has 1 aromatic carbocycles. The number of carbonyl (C=O) groups excluding carboxylic acids is 2. The van der Waals surface area contributed by atoms with Gasteiger partial charge in [0.05, 0.1) is 6.04 Å². The minimum absolute atomic E-state index is 0.0310. The van der Waals surface area contributed by atoms with Crippen LogP contribution < -0.4 is 0 Å². The Morgan fingerprint density at radius 3 is 2.56 bits per heavy atom. The third kappa shape index (κ3) is 1.43. The highest BCUT2D eigenvalue weighted by molar-refractivity contribution is 5.86. The second-order valence-corrected chi connectivity index (χ2v) is 4.55. The van der Waals surface area contributed by atoms with Crippen LogP contribution in [0.2, 0.25) is 0 Å². The van der Waals surface area contributed by atoms with E-state index < -0.39 is 5.41 Å². The fourth-order valence-corrected chi connectivity index (χ4v) is 2.46. The quantitative estimate of drug-likeness (QED) is 0.702. The van der Waals surface area contributed by atoms with Gasteiger partial charge in [-0.25, -0.2) is 0 Å². The summed E-state index contributed by atoms with van der Waals surface area (Å²) in [6.07, 6.45) is 1.27. The molecular formula is C13H15NO2. The molecular weight excluding hydrogens is 202 g/mol. The van der Waals surface area contributed by atoms with Gasteiger partial charge in [0, 0.05) is 18.9 Å². The second-order valence-electron chi connectivity index (χ2n) is 4.55. The highest BCUT2D eigenvalue weighted by Gasteiger charge is 2.47. The summed E-state index contributed by atoms with van der Waals surface area (Å²) in [6, 6.07) is 9.40. The molecule has 1 fully saturated rings. The average molecular weight is 217 g/mol. The van der Waals surface area contributed by atoms with E-state index in [1.807, 2.05) is 37.3 Å². The summed E-state index contributed by atoms with van der Waals surface area (Å²) < 4.78 is 0. The molecule has 0 unspecified atom stereocenters. The number of nitrogens with zero attached hydrogens (tertiary/aromatic N) is 1. The van der Waals surface area contributed by atoms with Gasteiger partial charge in [-0.15, -0.1) is 0 Å². The second kappa shape index (κ2) is 3.74. The Hall–Kier alpha value is -1.64. The lowest BCUT2D eigenvalue weighted by Crippen LogP contribution is -2.40. The van der Waals surface area contributed by atoms with Crippen molar-refractivity contribution in [3.8, 4) is 0 Å². The van der Waals surface area contributed by atoms with E-state index in [1.54, 1.807) is 11.9 Å². The zero-order chi connectivity index (χ0) is 11.8. The van der Waals surface area contributed by atoms with Crippen LogP contribution in [0, 0.1) is 0 Å². The van der Waals surface area contributed by atoms with Crippen LogP contribution in [-0.4, -0.2) is 30.2 Å². The van der Waals surface area contributed by atoms with Crippen molar-refractivity contribution < 1.29 is 9.59 Å². The van der Waals surface area contributed by atoms with Gasteiger partial charge in [-0.3, -0.25) is 4.79 Å². The molecule has 1 amide bonds. The Balaban J connectivity index is 2.46. The van der Waals surface area contributed by atoms with Gasteiger partial charge in [0.1, 0.15) is 6.29 Å². The molecule has 1 aliphatic rings. The summed E-state index contributed by atoms with van der Waals surface area (Å²) in [5, 5.41) is 0. The van der Waals surface area contributed by atoms with Crippen molar-refractivity contribution in [2.45, 2.75) is 24.8 Å². The number of carbonyl (C=O) groups is 2. The zero-order valence-electron chi connectivity index (χ0n) is 9.51. The smallest absolute Gasteiger partial charge is 0.223 e. The van der Waals surface area contributed by atoms with Gasteiger partial charge in [0.2, 0.25) is 5.91 Å². The molecule has 3 nitrogen and oxygen atoms in total. The first-order valence-corrected chi connectivity index (χ1v) is 5.36. The van der Waals surface area contributed by atoms with E-state index in [0.717, 1.165) is 11.8 Å².